The molecule has 0 bridgehead atoms. The second-order valence-electron chi connectivity index (χ2n) is 5.60. The normalized spacial score (nSPS) is 19.5. The third kappa shape index (κ3) is 5.46. The Morgan fingerprint density at radius 3 is 2.60 bits per heavy atom. The molecule has 1 aromatic carbocycles. The fourth-order valence-electron chi connectivity index (χ4n) is 2.57. The number of methoxy groups -OCH3 is 1. The van der Waals surface area contributed by atoms with Crippen molar-refractivity contribution >= 4 is 18.0 Å². The minimum atomic E-state index is -1.12. The number of esters is 1. The number of likely N-dealkylation sites (tertiary alicyclic amines) is 1. The Labute approximate surface area is 145 Å². The quantitative estimate of drug-likeness (QED) is 0.741. The van der Waals surface area contributed by atoms with Crippen molar-refractivity contribution in [3.63, 3.8) is 0 Å². The molecule has 2 rings (SSSR count). The maximum Gasteiger partial charge on any atom is 0.410 e. The van der Waals surface area contributed by atoms with E-state index in [-0.39, 0.29) is 32.6 Å². The van der Waals surface area contributed by atoms with E-state index in [1.54, 1.807) is 0 Å². The number of hydrogen-bond donors (Lipinski definition) is 1. The summed E-state index contributed by atoms with van der Waals surface area (Å²) in [6, 6.07) is 8.11. The van der Waals surface area contributed by atoms with Crippen LogP contribution in [0.15, 0.2) is 30.3 Å². The first-order valence-electron chi connectivity index (χ1n) is 7.89. The summed E-state index contributed by atoms with van der Waals surface area (Å²) in [6.07, 6.45) is -0.939. The highest BCUT2D eigenvalue weighted by molar-refractivity contribution is 5.81. The molecule has 2 unspecified atom stereocenters. The van der Waals surface area contributed by atoms with Crippen molar-refractivity contribution in [2.24, 2.45) is 0 Å². The van der Waals surface area contributed by atoms with Gasteiger partial charge in [-0.2, -0.15) is 0 Å². The van der Waals surface area contributed by atoms with Gasteiger partial charge in [0.05, 0.1) is 32.8 Å². The second kappa shape index (κ2) is 9.03. The zero-order valence-corrected chi connectivity index (χ0v) is 13.9. The van der Waals surface area contributed by atoms with Gasteiger partial charge in [-0.15, -0.1) is 0 Å². The summed E-state index contributed by atoms with van der Waals surface area (Å²) in [6.45, 7) is 0.277. The summed E-state index contributed by atoms with van der Waals surface area (Å²) in [5.74, 6) is -1.53. The lowest BCUT2D eigenvalue weighted by molar-refractivity contribution is -0.143. The van der Waals surface area contributed by atoms with Gasteiger partial charge in [-0.25, -0.2) is 9.59 Å². The molecule has 1 fully saturated rings. The lowest BCUT2D eigenvalue weighted by atomic mass is 10.2. The molecular weight excluding hydrogens is 330 g/mol. The van der Waals surface area contributed by atoms with Crippen LogP contribution in [0.1, 0.15) is 18.4 Å². The van der Waals surface area contributed by atoms with Crippen molar-refractivity contribution in [2.45, 2.75) is 31.6 Å². The van der Waals surface area contributed by atoms with Crippen molar-refractivity contribution in [3.05, 3.63) is 35.9 Å². The van der Waals surface area contributed by atoms with E-state index < -0.39 is 30.2 Å². The maximum atomic E-state index is 12.2. The molecule has 0 spiro atoms. The Kier molecular flexibility index (Phi) is 6.76. The van der Waals surface area contributed by atoms with Crippen LogP contribution < -0.4 is 0 Å². The highest BCUT2D eigenvalue weighted by atomic mass is 16.6. The fraction of sp³-hybridized carbons (Fsp3) is 0.471. The van der Waals surface area contributed by atoms with Gasteiger partial charge < -0.3 is 19.3 Å². The molecule has 0 radical (unpaired) electrons. The van der Waals surface area contributed by atoms with Crippen LogP contribution in [0.2, 0.25) is 0 Å². The smallest absolute Gasteiger partial charge is 0.410 e. The Morgan fingerprint density at radius 1 is 1.24 bits per heavy atom. The lowest BCUT2D eigenvalue weighted by Crippen LogP contribution is -2.40. The molecule has 136 valence electrons. The van der Waals surface area contributed by atoms with Crippen molar-refractivity contribution in [1.82, 2.24) is 4.90 Å². The standard InChI is InChI=1S/C17H21NO7/c1-23-15(19)7-8-24-13-9-14(16(20)21)18(10-13)17(22)25-11-12-5-3-2-4-6-12/h2-6,13-14H,7-11H2,1H3,(H,20,21). The van der Waals surface area contributed by atoms with Crippen molar-refractivity contribution in [2.75, 3.05) is 20.3 Å². The molecule has 8 nitrogen and oxygen atoms in total. The predicted molar refractivity (Wildman–Crippen MR) is 85.7 cm³/mol. The van der Waals surface area contributed by atoms with Crippen LogP contribution >= 0.6 is 0 Å². The third-order valence-corrected chi connectivity index (χ3v) is 3.87. The van der Waals surface area contributed by atoms with E-state index in [0.717, 1.165) is 10.5 Å². The molecule has 0 aromatic heterocycles. The summed E-state index contributed by atoms with van der Waals surface area (Å²) >= 11 is 0. The van der Waals surface area contributed by atoms with Crippen LogP contribution in [-0.2, 0) is 30.4 Å². The Balaban J connectivity index is 1.87. The van der Waals surface area contributed by atoms with E-state index in [9.17, 15) is 19.5 Å². The topological polar surface area (TPSA) is 102 Å². The van der Waals surface area contributed by atoms with Gasteiger partial charge in [0.1, 0.15) is 12.6 Å². The van der Waals surface area contributed by atoms with E-state index in [1.807, 2.05) is 30.3 Å². The van der Waals surface area contributed by atoms with Gasteiger partial charge in [-0.05, 0) is 5.56 Å². The molecule has 2 atom stereocenters. The number of carboxylic acid groups (broad SMARTS) is 1. The molecule has 1 aromatic rings. The first kappa shape index (κ1) is 18.7. The summed E-state index contributed by atoms with van der Waals surface area (Å²) in [4.78, 5) is 35.8. The Hall–Kier alpha value is -2.61. The van der Waals surface area contributed by atoms with Crippen LogP contribution in [0.25, 0.3) is 0 Å². The Morgan fingerprint density at radius 2 is 1.96 bits per heavy atom. The number of hydrogen-bond acceptors (Lipinski definition) is 6. The van der Waals surface area contributed by atoms with Crippen molar-refractivity contribution < 1.29 is 33.7 Å². The summed E-state index contributed by atoms with van der Waals surface area (Å²) < 4.78 is 15.2. The number of aliphatic carboxylic acids is 1. The van der Waals surface area contributed by atoms with Gasteiger partial charge >= 0.3 is 18.0 Å². The molecule has 0 saturated carbocycles. The summed E-state index contributed by atoms with van der Waals surface area (Å²) in [5, 5.41) is 9.31. The minimum Gasteiger partial charge on any atom is -0.480 e. The molecule has 1 amide bonds. The minimum absolute atomic E-state index is 0.0659. The third-order valence-electron chi connectivity index (χ3n) is 3.87. The summed E-state index contributed by atoms with van der Waals surface area (Å²) in [5.41, 5.74) is 0.813. The molecular formula is C17H21NO7. The lowest BCUT2D eigenvalue weighted by Gasteiger charge is -2.20. The highest BCUT2D eigenvalue weighted by Crippen LogP contribution is 2.22. The largest absolute Gasteiger partial charge is 0.480 e. The van der Waals surface area contributed by atoms with Crippen LogP contribution in [0.5, 0.6) is 0 Å². The van der Waals surface area contributed by atoms with Crippen molar-refractivity contribution in [3.8, 4) is 0 Å². The van der Waals surface area contributed by atoms with E-state index >= 15 is 0 Å². The molecule has 25 heavy (non-hydrogen) atoms. The molecule has 1 saturated heterocycles. The van der Waals surface area contributed by atoms with Crippen LogP contribution in [-0.4, -0.2) is 60.4 Å². The average Bonchev–Trinajstić information content (AvgIpc) is 3.05. The SMILES string of the molecule is COC(=O)CCOC1CC(C(=O)O)N(C(=O)OCc2ccccc2)C1. The van der Waals surface area contributed by atoms with Crippen LogP contribution in [0.4, 0.5) is 4.79 Å². The number of carbonyl (C=O) groups is 3. The van der Waals surface area contributed by atoms with E-state index in [0.29, 0.717) is 0 Å². The number of ether oxygens (including phenoxy) is 3. The van der Waals surface area contributed by atoms with Gasteiger partial charge in [0, 0.05) is 6.42 Å². The highest BCUT2D eigenvalue weighted by Gasteiger charge is 2.41. The maximum absolute atomic E-state index is 12.2. The first-order chi connectivity index (χ1) is 12.0. The molecule has 1 aliphatic rings. The number of benzene rings is 1. The summed E-state index contributed by atoms with van der Waals surface area (Å²) in [7, 11) is 1.28. The predicted octanol–water partition coefficient (Wildman–Crippen LogP) is 1.43. The Bertz CT molecular complexity index is 604. The van der Waals surface area contributed by atoms with Crippen LogP contribution in [0, 0.1) is 0 Å². The molecule has 1 heterocycles. The zero-order chi connectivity index (χ0) is 18.2. The van der Waals surface area contributed by atoms with E-state index in [4.69, 9.17) is 9.47 Å². The molecule has 8 heteroatoms. The molecule has 1 aliphatic heterocycles. The van der Waals surface area contributed by atoms with Gasteiger partial charge in [-0.1, -0.05) is 30.3 Å². The second-order valence-corrected chi connectivity index (χ2v) is 5.60. The van der Waals surface area contributed by atoms with Crippen LogP contribution in [0.3, 0.4) is 0 Å². The number of carboxylic acids is 1. The monoisotopic (exact) mass is 351 g/mol. The molecule has 1 N–H and O–H groups in total. The number of rotatable bonds is 7. The number of amides is 1. The average molecular weight is 351 g/mol. The number of carbonyl (C=O) groups excluding carboxylic acids is 2. The van der Waals surface area contributed by atoms with Crippen molar-refractivity contribution in [1.29, 1.82) is 0 Å². The van der Waals surface area contributed by atoms with Gasteiger partial charge in [0.25, 0.3) is 0 Å². The van der Waals surface area contributed by atoms with Gasteiger partial charge in [0.15, 0.2) is 0 Å². The van der Waals surface area contributed by atoms with Gasteiger partial charge in [-0.3, -0.25) is 9.69 Å². The van der Waals surface area contributed by atoms with Gasteiger partial charge in [0.2, 0.25) is 0 Å². The first-order valence-corrected chi connectivity index (χ1v) is 7.89. The van der Waals surface area contributed by atoms with E-state index in [2.05, 4.69) is 4.74 Å². The zero-order valence-electron chi connectivity index (χ0n) is 13.9. The van der Waals surface area contributed by atoms with E-state index in [1.165, 1.54) is 7.11 Å². The number of nitrogens with zero attached hydrogens (tertiary/aromatic N) is 1. The fourth-order valence-corrected chi connectivity index (χ4v) is 2.57. The molecule has 0 aliphatic carbocycles.